The van der Waals surface area contributed by atoms with Crippen LogP contribution < -0.4 is 5.32 Å². The second-order valence-corrected chi connectivity index (χ2v) is 5.94. The average Bonchev–Trinajstić information content (AvgIpc) is 2.32. The molecule has 2 nitrogen and oxygen atoms in total. The predicted octanol–water partition coefficient (Wildman–Crippen LogP) is 3.18. The molecule has 2 atom stereocenters. The lowest BCUT2D eigenvalue weighted by atomic mass is 10.0. The number of ether oxygens (including phenoxy) is 1. The second kappa shape index (κ2) is 6.08. The highest BCUT2D eigenvalue weighted by Gasteiger charge is 2.17. The van der Waals surface area contributed by atoms with E-state index < -0.39 is 0 Å². The van der Waals surface area contributed by atoms with Gasteiger partial charge in [0.1, 0.15) is 5.76 Å². The lowest BCUT2D eigenvalue weighted by Crippen LogP contribution is -2.32. The summed E-state index contributed by atoms with van der Waals surface area (Å²) in [5, 5.41) is 4.14. The van der Waals surface area contributed by atoms with Gasteiger partial charge in [0.25, 0.3) is 0 Å². The van der Waals surface area contributed by atoms with Crippen LogP contribution in [0.15, 0.2) is 22.9 Å². The van der Waals surface area contributed by atoms with Gasteiger partial charge in [-0.2, -0.15) is 0 Å². The third kappa shape index (κ3) is 3.51. The smallest absolute Gasteiger partial charge is 0.134 e. The van der Waals surface area contributed by atoms with E-state index in [1.165, 1.54) is 12.8 Å². The van der Waals surface area contributed by atoms with Crippen molar-refractivity contribution >= 4 is 27.5 Å². The third-order valence-corrected chi connectivity index (χ3v) is 3.94. The molecule has 0 aromatic carbocycles. The van der Waals surface area contributed by atoms with E-state index in [0.717, 1.165) is 36.9 Å². The van der Waals surface area contributed by atoms with Gasteiger partial charge in [-0.1, -0.05) is 33.6 Å². The van der Waals surface area contributed by atoms with Crippen LogP contribution in [0, 0.1) is 5.92 Å². The van der Waals surface area contributed by atoms with Crippen molar-refractivity contribution in [1.29, 1.82) is 0 Å². The quantitative estimate of drug-likeness (QED) is 0.809. The molecule has 1 aliphatic carbocycles. The van der Waals surface area contributed by atoms with E-state index in [-0.39, 0.29) is 0 Å². The molecule has 0 amide bonds. The first-order chi connectivity index (χ1) is 7.75. The Hall–Kier alpha value is 0.01000. The first-order valence-electron chi connectivity index (χ1n) is 5.81. The van der Waals surface area contributed by atoms with Crippen LogP contribution in [0.25, 0.3) is 0 Å². The highest BCUT2D eigenvalue weighted by atomic mass is 79.9. The Kier molecular flexibility index (Phi) is 4.74. The van der Waals surface area contributed by atoms with Crippen LogP contribution in [0.4, 0.5) is 0 Å². The van der Waals surface area contributed by atoms with Crippen LogP contribution in [0.1, 0.15) is 19.3 Å². The molecule has 0 radical (unpaired) electrons. The van der Waals surface area contributed by atoms with Crippen LogP contribution in [-0.2, 0) is 4.74 Å². The van der Waals surface area contributed by atoms with Crippen molar-refractivity contribution in [3.05, 3.63) is 22.9 Å². The fourth-order valence-electron chi connectivity index (χ4n) is 2.02. The topological polar surface area (TPSA) is 21.3 Å². The zero-order valence-electron chi connectivity index (χ0n) is 9.22. The summed E-state index contributed by atoms with van der Waals surface area (Å²) in [6, 6.07) is 0. The molecule has 0 spiro atoms. The number of halogens is 2. The maximum atomic E-state index is 6.10. The van der Waals surface area contributed by atoms with Gasteiger partial charge in [0, 0.05) is 17.3 Å². The highest BCUT2D eigenvalue weighted by Crippen LogP contribution is 2.27. The number of hydrogen-bond acceptors (Lipinski definition) is 2. The van der Waals surface area contributed by atoms with Gasteiger partial charge in [0.15, 0.2) is 0 Å². The molecule has 1 fully saturated rings. The molecular formula is C12H17BrClNO. The summed E-state index contributed by atoms with van der Waals surface area (Å²) in [6.45, 7) is 2.97. The van der Waals surface area contributed by atoms with Gasteiger partial charge in [-0.15, -0.1) is 0 Å². The van der Waals surface area contributed by atoms with Crippen molar-refractivity contribution in [2.75, 3.05) is 19.7 Å². The van der Waals surface area contributed by atoms with Crippen molar-refractivity contribution in [1.82, 2.24) is 5.32 Å². The average molecular weight is 307 g/mol. The number of hydrogen-bond donors (Lipinski definition) is 1. The van der Waals surface area contributed by atoms with E-state index >= 15 is 0 Å². The van der Waals surface area contributed by atoms with E-state index in [9.17, 15) is 0 Å². The van der Waals surface area contributed by atoms with Gasteiger partial charge in [-0.25, -0.2) is 0 Å². The normalized spacial score (nSPS) is 30.6. The third-order valence-electron chi connectivity index (χ3n) is 2.96. The summed E-state index contributed by atoms with van der Waals surface area (Å²) in [6.07, 6.45) is 7.50. The van der Waals surface area contributed by atoms with Crippen molar-refractivity contribution < 1.29 is 4.74 Å². The van der Waals surface area contributed by atoms with Crippen molar-refractivity contribution in [2.24, 2.45) is 5.92 Å². The number of piperidine rings is 1. The molecule has 1 heterocycles. The van der Waals surface area contributed by atoms with Crippen molar-refractivity contribution in [3.8, 4) is 0 Å². The van der Waals surface area contributed by atoms with Gasteiger partial charge in [-0.05, 0) is 31.9 Å². The molecule has 0 saturated carbocycles. The van der Waals surface area contributed by atoms with Gasteiger partial charge in [0.2, 0.25) is 0 Å². The fraction of sp³-hybridized carbons (Fsp3) is 0.667. The minimum absolute atomic E-state index is 0.356. The maximum Gasteiger partial charge on any atom is 0.134 e. The lowest BCUT2D eigenvalue weighted by molar-refractivity contribution is 0.154. The fourth-order valence-corrected chi connectivity index (χ4v) is 2.65. The minimum atomic E-state index is 0.356. The molecule has 1 saturated heterocycles. The van der Waals surface area contributed by atoms with Crippen LogP contribution >= 0.6 is 27.5 Å². The zero-order chi connectivity index (χ0) is 11.4. The van der Waals surface area contributed by atoms with Gasteiger partial charge in [0.05, 0.1) is 11.6 Å². The molecule has 4 heteroatoms. The van der Waals surface area contributed by atoms with Crippen LogP contribution in [0.2, 0.25) is 0 Å². The maximum absolute atomic E-state index is 6.10. The van der Waals surface area contributed by atoms with E-state index in [0.29, 0.717) is 10.7 Å². The Morgan fingerprint density at radius 3 is 3.19 bits per heavy atom. The molecule has 90 valence electrons. The number of allylic oxidation sites excluding steroid dienone is 3. The number of nitrogens with one attached hydrogen (secondary N) is 1. The first-order valence-corrected chi connectivity index (χ1v) is 7.10. The standard InChI is InChI=1S/C12H17BrClNO/c13-10-3-4-11(14)12(6-10)16-8-9-2-1-5-15-7-9/h4,6,9-10,15H,1-3,5,7-8H2/t9-,10?/m0/s1. The zero-order valence-corrected chi connectivity index (χ0v) is 11.6. The summed E-state index contributed by atoms with van der Waals surface area (Å²) in [7, 11) is 0. The van der Waals surface area contributed by atoms with Gasteiger partial charge >= 0.3 is 0 Å². The Morgan fingerprint density at radius 2 is 2.44 bits per heavy atom. The molecule has 0 bridgehead atoms. The van der Waals surface area contributed by atoms with E-state index in [4.69, 9.17) is 16.3 Å². The molecule has 1 N–H and O–H groups in total. The second-order valence-electron chi connectivity index (χ2n) is 4.36. The Morgan fingerprint density at radius 1 is 1.56 bits per heavy atom. The van der Waals surface area contributed by atoms with Gasteiger partial charge in [-0.3, -0.25) is 0 Å². The summed E-state index contributed by atoms with van der Waals surface area (Å²) in [4.78, 5) is 0.356. The Balaban J connectivity index is 1.82. The Labute approximate surface area is 110 Å². The summed E-state index contributed by atoms with van der Waals surface area (Å²) in [5.41, 5.74) is 0. The van der Waals surface area contributed by atoms with Crippen LogP contribution in [0.3, 0.4) is 0 Å². The molecule has 1 aliphatic heterocycles. The molecule has 2 rings (SSSR count). The highest BCUT2D eigenvalue weighted by molar-refractivity contribution is 9.09. The first kappa shape index (κ1) is 12.5. The van der Waals surface area contributed by atoms with E-state index in [1.807, 2.05) is 6.08 Å². The SMILES string of the molecule is ClC1=CCC(Br)C=C1OC[C@H]1CCCNC1. The largest absolute Gasteiger partial charge is 0.492 e. The summed E-state index contributed by atoms with van der Waals surface area (Å²) >= 11 is 9.65. The number of alkyl halides is 1. The van der Waals surface area contributed by atoms with Crippen LogP contribution in [0.5, 0.6) is 0 Å². The predicted molar refractivity (Wildman–Crippen MR) is 70.9 cm³/mol. The molecular weight excluding hydrogens is 289 g/mol. The minimum Gasteiger partial charge on any atom is -0.492 e. The van der Waals surface area contributed by atoms with Crippen molar-refractivity contribution in [3.63, 3.8) is 0 Å². The van der Waals surface area contributed by atoms with E-state index in [2.05, 4.69) is 27.3 Å². The number of rotatable bonds is 3. The monoisotopic (exact) mass is 305 g/mol. The molecule has 2 aliphatic rings. The molecule has 1 unspecified atom stereocenters. The Bertz CT molecular complexity index is 297. The summed E-state index contributed by atoms with van der Waals surface area (Å²) in [5.74, 6) is 1.45. The molecule has 16 heavy (non-hydrogen) atoms. The molecule has 0 aromatic heterocycles. The van der Waals surface area contributed by atoms with E-state index in [1.54, 1.807) is 0 Å². The van der Waals surface area contributed by atoms with Crippen LogP contribution in [-0.4, -0.2) is 24.5 Å². The van der Waals surface area contributed by atoms with Crippen molar-refractivity contribution in [2.45, 2.75) is 24.1 Å². The molecule has 0 aromatic rings. The van der Waals surface area contributed by atoms with Gasteiger partial charge < -0.3 is 10.1 Å². The summed E-state index contributed by atoms with van der Waals surface area (Å²) < 4.78 is 5.80. The lowest BCUT2D eigenvalue weighted by Gasteiger charge is -2.24.